The molecule has 0 saturated carbocycles. The molecule has 31 heavy (non-hydrogen) atoms. The van der Waals surface area contributed by atoms with E-state index in [-0.39, 0.29) is 28.8 Å². The molecule has 172 valence electrons. The van der Waals surface area contributed by atoms with E-state index in [2.05, 4.69) is 40.7 Å². The van der Waals surface area contributed by atoms with Crippen LogP contribution in [0.15, 0.2) is 23.8 Å². The van der Waals surface area contributed by atoms with Crippen LogP contribution < -0.4 is 4.74 Å². The lowest BCUT2D eigenvalue weighted by Crippen LogP contribution is -2.46. The fourth-order valence-electron chi connectivity index (χ4n) is 5.31. The molecule has 4 heteroatoms. The van der Waals surface area contributed by atoms with Crippen LogP contribution >= 0.6 is 0 Å². The fourth-order valence-corrected chi connectivity index (χ4v) is 5.31. The Balaban J connectivity index is 1.93. The van der Waals surface area contributed by atoms with Crippen molar-refractivity contribution in [2.24, 2.45) is 5.92 Å². The first-order valence-electron chi connectivity index (χ1n) is 12.0. The van der Waals surface area contributed by atoms with Gasteiger partial charge in [0.2, 0.25) is 0 Å². The number of fused-ring (bicyclic) bond motifs is 3. The van der Waals surface area contributed by atoms with E-state index in [0.717, 1.165) is 29.7 Å². The van der Waals surface area contributed by atoms with Crippen LogP contribution in [0.1, 0.15) is 104 Å². The van der Waals surface area contributed by atoms with Crippen molar-refractivity contribution in [3.8, 4) is 11.5 Å². The van der Waals surface area contributed by atoms with Gasteiger partial charge in [0.25, 0.3) is 0 Å². The molecule has 0 radical (unpaired) electrons. The lowest BCUT2D eigenvalue weighted by Gasteiger charge is -2.47. The first-order valence-corrected chi connectivity index (χ1v) is 12.0. The normalized spacial score (nSPS) is 22.1. The van der Waals surface area contributed by atoms with E-state index in [1.54, 1.807) is 0 Å². The van der Waals surface area contributed by atoms with Gasteiger partial charge >= 0.3 is 5.97 Å². The topological polar surface area (TPSA) is 55.8 Å². The zero-order chi connectivity index (χ0) is 22.8. The second-order valence-electron chi connectivity index (χ2n) is 10.4. The Morgan fingerprint density at radius 3 is 2.65 bits per heavy atom. The predicted molar refractivity (Wildman–Crippen MR) is 125 cm³/mol. The van der Waals surface area contributed by atoms with Gasteiger partial charge in [-0.15, -0.1) is 0 Å². The minimum atomic E-state index is -0.370. The highest BCUT2D eigenvalue weighted by Gasteiger charge is 2.47. The van der Waals surface area contributed by atoms with Crippen LogP contribution in [0.4, 0.5) is 0 Å². The van der Waals surface area contributed by atoms with Gasteiger partial charge in [-0.2, -0.15) is 0 Å². The molecule has 1 aliphatic heterocycles. The fraction of sp³-hybridized carbons (Fsp3) is 0.667. The number of hydrogen-bond donors (Lipinski definition) is 1. The Morgan fingerprint density at radius 2 is 1.97 bits per heavy atom. The summed E-state index contributed by atoms with van der Waals surface area (Å²) < 4.78 is 11.7. The number of unbranched alkanes of at least 4 members (excludes halogenated alkanes) is 3. The molecule has 2 aliphatic rings. The lowest BCUT2D eigenvalue weighted by molar-refractivity contribution is -0.139. The molecular formula is C27H40O4. The maximum atomic E-state index is 12.4. The summed E-state index contributed by atoms with van der Waals surface area (Å²) in [5.74, 6) is 1.08. The average molecular weight is 429 g/mol. The summed E-state index contributed by atoms with van der Waals surface area (Å²) in [5, 5.41) is 11.1. The Hall–Kier alpha value is -1.97. The summed E-state index contributed by atoms with van der Waals surface area (Å²) in [6, 6.07) is 4.06. The van der Waals surface area contributed by atoms with Gasteiger partial charge < -0.3 is 14.6 Å². The molecule has 0 aromatic heterocycles. The van der Waals surface area contributed by atoms with Gasteiger partial charge in [-0.25, -0.2) is 4.79 Å². The van der Waals surface area contributed by atoms with Crippen LogP contribution in [0, 0.1) is 5.92 Å². The summed E-state index contributed by atoms with van der Waals surface area (Å²) in [4.78, 5) is 12.4. The first-order chi connectivity index (χ1) is 14.6. The Morgan fingerprint density at radius 1 is 1.23 bits per heavy atom. The number of ether oxygens (including phenoxy) is 2. The van der Waals surface area contributed by atoms with Crippen molar-refractivity contribution in [1.82, 2.24) is 0 Å². The van der Waals surface area contributed by atoms with Crippen molar-refractivity contribution in [1.29, 1.82) is 0 Å². The smallest absolute Gasteiger partial charge is 0.333 e. The van der Waals surface area contributed by atoms with Crippen LogP contribution in [0.3, 0.4) is 0 Å². The predicted octanol–water partition coefficient (Wildman–Crippen LogP) is 6.79. The van der Waals surface area contributed by atoms with Gasteiger partial charge in [0.15, 0.2) is 0 Å². The first kappa shape index (κ1) is 23.7. The number of phenols is 1. The molecule has 1 heterocycles. The highest BCUT2D eigenvalue weighted by molar-refractivity contribution is 5.89. The molecule has 0 fully saturated rings. The number of carbonyl (C=O) groups is 1. The van der Waals surface area contributed by atoms with Crippen LogP contribution in [-0.4, -0.2) is 23.3 Å². The molecule has 1 N–H and O–H groups in total. The highest BCUT2D eigenvalue weighted by Crippen LogP contribution is 2.55. The van der Waals surface area contributed by atoms with Gasteiger partial charge in [0, 0.05) is 23.0 Å². The summed E-state index contributed by atoms with van der Waals surface area (Å²) in [6.45, 7) is 13.2. The van der Waals surface area contributed by atoms with Gasteiger partial charge in [-0.05, 0) is 63.1 Å². The average Bonchev–Trinajstić information content (AvgIpc) is 2.70. The van der Waals surface area contributed by atoms with E-state index >= 15 is 0 Å². The zero-order valence-corrected chi connectivity index (χ0v) is 20.2. The molecular weight excluding hydrogens is 388 g/mol. The van der Waals surface area contributed by atoms with Crippen LogP contribution in [0.25, 0.3) is 0 Å². The third-order valence-electron chi connectivity index (χ3n) is 7.28. The van der Waals surface area contributed by atoms with Gasteiger partial charge in [0.05, 0.1) is 6.61 Å². The van der Waals surface area contributed by atoms with Crippen molar-refractivity contribution in [2.45, 2.75) is 103 Å². The van der Waals surface area contributed by atoms with Crippen LogP contribution in [0.5, 0.6) is 11.5 Å². The number of aromatic hydroxyl groups is 1. The number of benzene rings is 1. The largest absolute Gasteiger partial charge is 0.508 e. The molecule has 0 spiro atoms. The van der Waals surface area contributed by atoms with Gasteiger partial charge in [-0.1, -0.05) is 52.5 Å². The Bertz CT molecular complexity index is 834. The number of esters is 1. The molecule has 2 atom stereocenters. The molecule has 0 saturated heterocycles. The molecule has 1 aromatic carbocycles. The second kappa shape index (κ2) is 9.26. The number of hydrogen-bond acceptors (Lipinski definition) is 4. The number of allylic oxidation sites excluding steroid dienone is 1. The van der Waals surface area contributed by atoms with E-state index in [1.165, 1.54) is 25.7 Å². The van der Waals surface area contributed by atoms with E-state index in [9.17, 15) is 9.90 Å². The van der Waals surface area contributed by atoms with E-state index in [1.807, 2.05) is 19.1 Å². The number of carbonyl (C=O) groups excluding carboxylic acids is 1. The minimum absolute atomic E-state index is 0.0346. The van der Waals surface area contributed by atoms with Crippen molar-refractivity contribution < 1.29 is 19.4 Å². The van der Waals surface area contributed by atoms with Crippen LogP contribution in [-0.2, 0) is 14.9 Å². The quantitative estimate of drug-likeness (QED) is 0.366. The van der Waals surface area contributed by atoms with Crippen molar-refractivity contribution >= 4 is 5.97 Å². The van der Waals surface area contributed by atoms with Crippen LogP contribution in [0.2, 0.25) is 0 Å². The molecule has 1 aliphatic carbocycles. The lowest BCUT2D eigenvalue weighted by atomic mass is 9.66. The Labute approximate surface area is 188 Å². The zero-order valence-electron chi connectivity index (χ0n) is 20.2. The third-order valence-corrected chi connectivity index (χ3v) is 7.28. The van der Waals surface area contributed by atoms with E-state index < -0.39 is 0 Å². The molecule has 0 unspecified atom stereocenters. The maximum Gasteiger partial charge on any atom is 0.333 e. The Kier molecular flexibility index (Phi) is 7.08. The summed E-state index contributed by atoms with van der Waals surface area (Å²) in [7, 11) is 0. The third kappa shape index (κ3) is 4.94. The monoisotopic (exact) mass is 428 g/mol. The molecule has 0 bridgehead atoms. The van der Waals surface area contributed by atoms with E-state index in [0.29, 0.717) is 24.4 Å². The standard InChI is InChI=1S/C27H40O4/c1-7-9-10-11-14-26(3,4)19-16-22(28)24-20-15-18(25(29)30-8-2)12-13-21(20)27(5,6)31-23(24)17-19/h12,16-17,20-21,28H,7-11,13-15H2,1-6H3/t20-,21-/m1/s1. The summed E-state index contributed by atoms with van der Waals surface area (Å²) in [6.07, 6.45) is 9.33. The van der Waals surface area contributed by atoms with Crippen molar-refractivity contribution in [3.05, 3.63) is 34.9 Å². The van der Waals surface area contributed by atoms with Gasteiger partial charge in [0.1, 0.15) is 17.1 Å². The minimum Gasteiger partial charge on any atom is -0.508 e. The van der Waals surface area contributed by atoms with Crippen molar-refractivity contribution in [2.75, 3.05) is 6.61 Å². The highest BCUT2D eigenvalue weighted by atomic mass is 16.5. The second-order valence-corrected chi connectivity index (χ2v) is 10.4. The maximum absolute atomic E-state index is 12.4. The SMILES string of the molecule is CCCCCCC(C)(C)c1cc(O)c2c(c1)OC(C)(C)[C@@H]1CC=C(C(=O)OCC)C[C@@H]21. The summed E-state index contributed by atoms with van der Waals surface area (Å²) >= 11 is 0. The molecule has 4 nitrogen and oxygen atoms in total. The van der Waals surface area contributed by atoms with E-state index in [4.69, 9.17) is 9.47 Å². The molecule has 3 rings (SSSR count). The summed E-state index contributed by atoms with van der Waals surface area (Å²) in [5.41, 5.74) is 2.28. The molecule has 0 amide bonds. The van der Waals surface area contributed by atoms with Crippen molar-refractivity contribution in [3.63, 3.8) is 0 Å². The number of rotatable bonds is 8. The molecule has 1 aromatic rings. The van der Waals surface area contributed by atoms with Gasteiger partial charge in [-0.3, -0.25) is 0 Å². The number of phenolic OH excluding ortho intramolecular Hbond substituents is 1.